The van der Waals surface area contributed by atoms with Crippen LogP contribution in [0.1, 0.15) is 37.8 Å². The summed E-state index contributed by atoms with van der Waals surface area (Å²) in [6.45, 7) is 6.76. The first-order valence-electron chi connectivity index (χ1n) is 12.7. The molecule has 1 N–H and O–H groups in total. The molecule has 2 aliphatic rings. The number of hydrogen-bond donors (Lipinski definition) is 1. The van der Waals surface area contributed by atoms with E-state index in [0.29, 0.717) is 37.1 Å². The number of nitrogens with one attached hydrogen (secondary N) is 1. The number of morpholine rings is 1. The number of nitriles is 1. The number of benzene rings is 2. The van der Waals surface area contributed by atoms with Crippen LogP contribution in [0.5, 0.6) is 5.75 Å². The molecule has 2 aromatic carbocycles. The Labute approximate surface area is 211 Å². The van der Waals surface area contributed by atoms with Crippen LogP contribution in [-0.4, -0.2) is 61.6 Å². The van der Waals surface area contributed by atoms with E-state index in [0.717, 1.165) is 67.1 Å². The van der Waals surface area contributed by atoms with Crippen molar-refractivity contribution < 1.29 is 19.0 Å². The monoisotopic (exact) mass is 488 g/mol. The normalized spacial score (nSPS) is 16.3. The third-order valence-corrected chi connectivity index (χ3v) is 6.99. The first kappa shape index (κ1) is 24.2. The Kier molecular flexibility index (Phi) is 7.40. The van der Waals surface area contributed by atoms with Crippen molar-refractivity contribution in [2.24, 2.45) is 0 Å². The van der Waals surface area contributed by atoms with Gasteiger partial charge in [0.15, 0.2) is 0 Å². The Hall–Kier alpha value is -3.54. The highest BCUT2D eigenvalue weighted by atomic mass is 16.5. The number of carbonyl (C=O) groups excluding carboxylic acids is 1. The van der Waals surface area contributed by atoms with Crippen LogP contribution in [0.15, 0.2) is 42.5 Å². The molecule has 0 spiro atoms. The lowest BCUT2D eigenvalue weighted by molar-refractivity contribution is 0.0290. The average molecular weight is 489 g/mol. The molecule has 0 atom stereocenters. The maximum absolute atomic E-state index is 12.3. The van der Waals surface area contributed by atoms with Gasteiger partial charge in [0.2, 0.25) is 0 Å². The van der Waals surface area contributed by atoms with Gasteiger partial charge in [0.05, 0.1) is 36.6 Å². The van der Waals surface area contributed by atoms with Crippen LogP contribution in [0.4, 0.5) is 10.5 Å². The lowest BCUT2D eigenvalue weighted by atomic mass is 9.92. The minimum absolute atomic E-state index is 0.334. The third-order valence-electron chi connectivity index (χ3n) is 6.99. The van der Waals surface area contributed by atoms with Crippen LogP contribution >= 0.6 is 0 Å². The van der Waals surface area contributed by atoms with Crippen LogP contribution in [0.25, 0.3) is 22.2 Å². The van der Waals surface area contributed by atoms with Gasteiger partial charge in [-0.3, -0.25) is 10.2 Å². The zero-order chi connectivity index (χ0) is 24.9. The zero-order valence-corrected chi connectivity index (χ0v) is 20.7. The van der Waals surface area contributed by atoms with Gasteiger partial charge < -0.3 is 18.8 Å². The van der Waals surface area contributed by atoms with Gasteiger partial charge in [-0.15, -0.1) is 0 Å². The molecule has 2 fully saturated rings. The van der Waals surface area contributed by atoms with Crippen molar-refractivity contribution in [3.63, 3.8) is 0 Å². The minimum atomic E-state index is -0.472. The molecule has 0 radical (unpaired) electrons. The highest BCUT2D eigenvalue weighted by Gasteiger charge is 2.28. The molecule has 2 heterocycles. The number of ether oxygens (including phenoxy) is 3. The van der Waals surface area contributed by atoms with E-state index in [-0.39, 0.29) is 0 Å². The number of amides is 1. The fourth-order valence-electron chi connectivity index (χ4n) is 4.93. The summed E-state index contributed by atoms with van der Waals surface area (Å²) in [6, 6.07) is 16.4. The molecule has 8 nitrogen and oxygen atoms in total. The number of nitrogens with zero attached hydrogens (tertiary/aromatic N) is 3. The van der Waals surface area contributed by atoms with Crippen LogP contribution in [-0.2, 0) is 9.47 Å². The summed E-state index contributed by atoms with van der Waals surface area (Å²) in [4.78, 5) is 14.5. The molecule has 1 amide bonds. The van der Waals surface area contributed by atoms with E-state index in [4.69, 9.17) is 14.2 Å². The molecule has 1 saturated heterocycles. The molecule has 1 aliphatic heterocycles. The summed E-state index contributed by atoms with van der Waals surface area (Å²) in [5, 5.41) is 13.8. The Morgan fingerprint density at radius 2 is 1.94 bits per heavy atom. The summed E-state index contributed by atoms with van der Waals surface area (Å²) in [5.41, 5.74) is 4.22. The second-order valence-corrected chi connectivity index (χ2v) is 9.19. The topological polar surface area (TPSA) is 88.8 Å². The highest BCUT2D eigenvalue weighted by molar-refractivity contribution is 5.96. The molecule has 3 aromatic rings. The Morgan fingerprint density at radius 3 is 2.61 bits per heavy atom. The van der Waals surface area contributed by atoms with Gasteiger partial charge >= 0.3 is 6.09 Å². The van der Waals surface area contributed by atoms with Crippen LogP contribution < -0.4 is 10.1 Å². The van der Waals surface area contributed by atoms with E-state index in [1.54, 1.807) is 0 Å². The Balaban J connectivity index is 1.34. The lowest BCUT2D eigenvalue weighted by Gasteiger charge is -2.30. The van der Waals surface area contributed by atoms with Crippen molar-refractivity contribution in [1.29, 1.82) is 5.26 Å². The molecular formula is C28H32N4O4. The number of carbonyl (C=O) groups is 1. The van der Waals surface area contributed by atoms with Crippen molar-refractivity contribution in [3.05, 3.63) is 48.0 Å². The van der Waals surface area contributed by atoms with Crippen molar-refractivity contribution >= 4 is 22.7 Å². The molecule has 5 rings (SSSR count). The summed E-state index contributed by atoms with van der Waals surface area (Å²) in [7, 11) is 0. The van der Waals surface area contributed by atoms with Gasteiger partial charge in [0.25, 0.3) is 0 Å². The van der Waals surface area contributed by atoms with Crippen molar-refractivity contribution in [2.45, 2.75) is 32.2 Å². The Bertz CT molecular complexity index is 1250. The van der Waals surface area contributed by atoms with Crippen LogP contribution in [0.2, 0.25) is 0 Å². The van der Waals surface area contributed by atoms with Crippen molar-refractivity contribution in [1.82, 2.24) is 9.47 Å². The molecule has 1 aromatic heterocycles. The SMILES string of the molecule is CCOc1ccc2c(C#N)c(-c3ccc(NC(=O)OCCN4CCOCC4)cc3)n(C3CCC3)c2c1. The average Bonchev–Trinajstić information content (AvgIpc) is 3.17. The minimum Gasteiger partial charge on any atom is -0.494 e. The number of fused-ring (bicyclic) bond motifs is 1. The summed E-state index contributed by atoms with van der Waals surface area (Å²) in [6.07, 6.45) is 2.90. The molecular weight excluding hydrogens is 456 g/mol. The molecule has 0 bridgehead atoms. The second-order valence-electron chi connectivity index (χ2n) is 9.19. The van der Waals surface area contributed by atoms with E-state index >= 15 is 0 Å². The molecule has 0 unspecified atom stereocenters. The van der Waals surface area contributed by atoms with Gasteiger partial charge in [-0.1, -0.05) is 12.1 Å². The summed E-state index contributed by atoms with van der Waals surface area (Å²) >= 11 is 0. The molecule has 1 aliphatic carbocycles. The number of hydrogen-bond acceptors (Lipinski definition) is 6. The van der Waals surface area contributed by atoms with Crippen LogP contribution in [0, 0.1) is 11.3 Å². The zero-order valence-electron chi connectivity index (χ0n) is 20.7. The lowest BCUT2D eigenvalue weighted by Crippen LogP contribution is -2.38. The standard InChI is InChI=1S/C28H32N4O4/c1-2-35-23-10-11-24-25(19-29)27(32(26(24)18-23)22-4-3-5-22)20-6-8-21(9-7-20)30-28(33)36-17-14-31-12-15-34-16-13-31/h6-11,18,22H,2-5,12-17H2,1H3,(H,30,33). The van der Waals surface area contributed by atoms with E-state index in [9.17, 15) is 10.1 Å². The first-order valence-corrected chi connectivity index (χ1v) is 12.7. The van der Waals surface area contributed by atoms with E-state index in [1.165, 1.54) is 6.42 Å². The van der Waals surface area contributed by atoms with Crippen molar-refractivity contribution in [2.75, 3.05) is 51.4 Å². The van der Waals surface area contributed by atoms with E-state index < -0.39 is 6.09 Å². The highest BCUT2D eigenvalue weighted by Crippen LogP contribution is 2.43. The predicted molar refractivity (Wildman–Crippen MR) is 138 cm³/mol. The van der Waals surface area contributed by atoms with Crippen molar-refractivity contribution in [3.8, 4) is 23.1 Å². The number of anilines is 1. The second kappa shape index (κ2) is 11.0. The third kappa shape index (κ3) is 5.03. The summed E-state index contributed by atoms with van der Waals surface area (Å²) < 4.78 is 18.7. The Morgan fingerprint density at radius 1 is 1.17 bits per heavy atom. The maximum atomic E-state index is 12.3. The van der Waals surface area contributed by atoms with Gasteiger partial charge in [0, 0.05) is 42.8 Å². The van der Waals surface area contributed by atoms with Gasteiger partial charge in [0.1, 0.15) is 18.4 Å². The predicted octanol–water partition coefficient (Wildman–Crippen LogP) is 5.18. The molecule has 8 heteroatoms. The largest absolute Gasteiger partial charge is 0.494 e. The smallest absolute Gasteiger partial charge is 0.411 e. The van der Waals surface area contributed by atoms with Gasteiger partial charge in [-0.05, 0) is 56.0 Å². The number of aromatic nitrogens is 1. The van der Waals surface area contributed by atoms with Gasteiger partial charge in [-0.2, -0.15) is 5.26 Å². The maximum Gasteiger partial charge on any atom is 0.411 e. The molecule has 188 valence electrons. The summed E-state index contributed by atoms with van der Waals surface area (Å²) in [5.74, 6) is 0.811. The van der Waals surface area contributed by atoms with Crippen LogP contribution in [0.3, 0.4) is 0 Å². The van der Waals surface area contributed by atoms with E-state index in [1.807, 2.05) is 49.4 Å². The van der Waals surface area contributed by atoms with E-state index in [2.05, 4.69) is 20.9 Å². The number of rotatable bonds is 8. The van der Waals surface area contributed by atoms with Gasteiger partial charge in [-0.25, -0.2) is 4.79 Å². The fraction of sp³-hybridized carbons (Fsp3) is 0.429. The quantitative estimate of drug-likeness (QED) is 0.470. The molecule has 36 heavy (non-hydrogen) atoms. The molecule has 1 saturated carbocycles. The fourth-order valence-corrected chi connectivity index (χ4v) is 4.93. The first-order chi connectivity index (χ1) is 17.7.